The maximum Gasteiger partial charge on any atom is 0.253 e. The van der Waals surface area contributed by atoms with Crippen LogP contribution in [0.4, 0.5) is 0 Å². The van der Waals surface area contributed by atoms with E-state index in [4.69, 9.17) is 5.73 Å². The highest BCUT2D eigenvalue weighted by atomic mass is 16.2. The van der Waals surface area contributed by atoms with Crippen LogP contribution < -0.4 is 5.73 Å². The van der Waals surface area contributed by atoms with Gasteiger partial charge in [0.2, 0.25) is 0 Å². The lowest BCUT2D eigenvalue weighted by Crippen LogP contribution is -2.31. The molecular formula is C13H18N2O. The first kappa shape index (κ1) is 11.1. The molecule has 0 radical (unpaired) electrons. The number of carbonyl (C=O) groups is 1. The minimum atomic E-state index is 0.107. The smallest absolute Gasteiger partial charge is 0.253 e. The summed E-state index contributed by atoms with van der Waals surface area (Å²) in [6.45, 7) is 3.58. The SMILES string of the molecule is CCc1ccc(C(=O)N2CCC(N)C2)cc1. The molecule has 86 valence electrons. The molecule has 3 nitrogen and oxygen atoms in total. The number of nitrogens with zero attached hydrogens (tertiary/aromatic N) is 1. The van der Waals surface area contributed by atoms with Gasteiger partial charge in [0.25, 0.3) is 5.91 Å². The summed E-state index contributed by atoms with van der Waals surface area (Å²) in [4.78, 5) is 13.9. The summed E-state index contributed by atoms with van der Waals surface area (Å²) < 4.78 is 0. The Labute approximate surface area is 96.2 Å². The molecule has 0 aromatic heterocycles. The van der Waals surface area contributed by atoms with E-state index in [-0.39, 0.29) is 11.9 Å². The average molecular weight is 218 g/mol. The number of carbonyl (C=O) groups excluding carboxylic acids is 1. The molecule has 16 heavy (non-hydrogen) atoms. The molecule has 1 aromatic rings. The number of nitrogens with two attached hydrogens (primary N) is 1. The highest BCUT2D eigenvalue weighted by Gasteiger charge is 2.24. The van der Waals surface area contributed by atoms with Gasteiger partial charge >= 0.3 is 0 Å². The van der Waals surface area contributed by atoms with Crippen LogP contribution in [0, 0.1) is 0 Å². The molecule has 1 atom stereocenters. The summed E-state index contributed by atoms with van der Waals surface area (Å²) in [5, 5.41) is 0. The van der Waals surface area contributed by atoms with Crippen LogP contribution in [0.25, 0.3) is 0 Å². The topological polar surface area (TPSA) is 46.3 Å². The van der Waals surface area contributed by atoms with E-state index in [1.807, 2.05) is 29.2 Å². The van der Waals surface area contributed by atoms with E-state index in [0.29, 0.717) is 6.54 Å². The van der Waals surface area contributed by atoms with E-state index < -0.39 is 0 Å². The van der Waals surface area contributed by atoms with Gasteiger partial charge in [0, 0.05) is 24.7 Å². The molecule has 1 amide bonds. The molecule has 0 spiro atoms. The third-order valence-electron chi connectivity index (χ3n) is 3.12. The van der Waals surface area contributed by atoms with E-state index in [1.54, 1.807) is 0 Å². The Balaban J connectivity index is 2.08. The number of rotatable bonds is 2. The van der Waals surface area contributed by atoms with Crippen molar-refractivity contribution in [1.29, 1.82) is 0 Å². The van der Waals surface area contributed by atoms with E-state index in [0.717, 1.165) is 24.9 Å². The van der Waals surface area contributed by atoms with Gasteiger partial charge in [-0.25, -0.2) is 0 Å². The van der Waals surface area contributed by atoms with Crippen molar-refractivity contribution in [2.75, 3.05) is 13.1 Å². The number of hydrogen-bond donors (Lipinski definition) is 1. The van der Waals surface area contributed by atoms with Crippen molar-refractivity contribution in [2.24, 2.45) is 5.73 Å². The second-order valence-electron chi connectivity index (χ2n) is 4.35. The molecule has 0 bridgehead atoms. The van der Waals surface area contributed by atoms with Crippen molar-refractivity contribution < 1.29 is 4.79 Å². The zero-order valence-corrected chi connectivity index (χ0v) is 9.65. The minimum absolute atomic E-state index is 0.107. The first-order valence-corrected chi connectivity index (χ1v) is 5.84. The number of hydrogen-bond acceptors (Lipinski definition) is 2. The Kier molecular flexibility index (Phi) is 3.25. The summed E-state index contributed by atoms with van der Waals surface area (Å²) in [5.41, 5.74) is 7.82. The van der Waals surface area contributed by atoms with Crippen molar-refractivity contribution in [2.45, 2.75) is 25.8 Å². The highest BCUT2D eigenvalue weighted by molar-refractivity contribution is 5.94. The molecule has 0 saturated carbocycles. The van der Waals surface area contributed by atoms with Crippen LogP contribution in [0.5, 0.6) is 0 Å². The largest absolute Gasteiger partial charge is 0.337 e. The first-order chi connectivity index (χ1) is 7.70. The second kappa shape index (κ2) is 4.66. The van der Waals surface area contributed by atoms with E-state index in [9.17, 15) is 4.79 Å². The van der Waals surface area contributed by atoms with Crippen LogP contribution in [0.3, 0.4) is 0 Å². The third kappa shape index (κ3) is 2.25. The summed E-state index contributed by atoms with van der Waals surface area (Å²) in [5.74, 6) is 0.107. The lowest BCUT2D eigenvalue weighted by molar-refractivity contribution is 0.0791. The fraction of sp³-hybridized carbons (Fsp3) is 0.462. The molecule has 0 aliphatic carbocycles. The van der Waals surface area contributed by atoms with Gasteiger partial charge in [-0.3, -0.25) is 4.79 Å². The van der Waals surface area contributed by atoms with Gasteiger partial charge in [0.15, 0.2) is 0 Å². The highest BCUT2D eigenvalue weighted by Crippen LogP contribution is 2.13. The van der Waals surface area contributed by atoms with Crippen LogP contribution in [0.2, 0.25) is 0 Å². The van der Waals surface area contributed by atoms with Gasteiger partial charge in [-0.15, -0.1) is 0 Å². The maximum absolute atomic E-state index is 12.1. The van der Waals surface area contributed by atoms with Gasteiger partial charge in [0.05, 0.1) is 0 Å². The number of aryl methyl sites for hydroxylation is 1. The van der Waals surface area contributed by atoms with Crippen molar-refractivity contribution in [1.82, 2.24) is 4.90 Å². The Morgan fingerprint density at radius 1 is 1.44 bits per heavy atom. The van der Waals surface area contributed by atoms with Crippen molar-refractivity contribution >= 4 is 5.91 Å². The van der Waals surface area contributed by atoms with Gasteiger partial charge in [-0.05, 0) is 30.5 Å². The van der Waals surface area contributed by atoms with Crippen molar-refractivity contribution in [3.63, 3.8) is 0 Å². The summed E-state index contributed by atoms with van der Waals surface area (Å²) in [7, 11) is 0. The van der Waals surface area contributed by atoms with Crippen molar-refractivity contribution in [3.8, 4) is 0 Å². The van der Waals surface area contributed by atoms with Gasteiger partial charge in [0.1, 0.15) is 0 Å². The Morgan fingerprint density at radius 3 is 2.62 bits per heavy atom. The molecule has 1 heterocycles. The third-order valence-corrected chi connectivity index (χ3v) is 3.12. The van der Waals surface area contributed by atoms with E-state index in [1.165, 1.54) is 5.56 Å². The van der Waals surface area contributed by atoms with Crippen LogP contribution >= 0.6 is 0 Å². The second-order valence-corrected chi connectivity index (χ2v) is 4.35. The van der Waals surface area contributed by atoms with Crippen LogP contribution in [-0.2, 0) is 6.42 Å². The molecule has 1 aliphatic heterocycles. The van der Waals surface area contributed by atoms with Crippen molar-refractivity contribution in [3.05, 3.63) is 35.4 Å². The van der Waals surface area contributed by atoms with Gasteiger partial charge in [-0.1, -0.05) is 19.1 Å². The molecule has 1 saturated heterocycles. The summed E-state index contributed by atoms with van der Waals surface area (Å²) in [6, 6.07) is 8.00. The standard InChI is InChI=1S/C13H18N2O/c1-2-10-3-5-11(6-4-10)13(16)15-8-7-12(14)9-15/h3-6,12H,2,7-9,14H2,1H3. The lowest BCUT2D eigenvalue weighted by Gasteiger charge is -2.15. The predicted octanol–water partition coefficient (Wildman–Crippen LogP) is 1.42. The van der Waals surface area contributed by atoms with E-state index in [2.05, 4.69) is 6.92 Å². The van der Waals surface area contributed by atoms with Crippen LogP contribution in [-0.4, -0.2) is 29.9 Å². The zero-order chi connectivity index (χ0) is 11.5. The van der Waals surface area contributed by atoms with Crippen LogP contribution in [0.1, 0.15) is 29.3 Å². The average Bonchev–Trinajstić information content (AvgIpc) is 2.75. The Morgan fingerprint density at radius 2 is 2.12 bits per heavy atom. The molecule has 2 N–H and O–H groups in total. The number of likely N-dealkylation sites (tertiary alicyclic amines) is 1. The molecule has 1 fully saturated rings. The lowest BCUT2D eigenvalue weighted by atomic mass is 10.1. The molecule has 3 heteroatoms. The van der Waals surface area contributed by atoms with Crippen LogP contribution in [0.15, 0.2) is 24.3 Å². The Hall–Kier alpha value is -1.35. The fourth-order valence-corrected chi connectivity index (χ4v) is 2.04. The minimum Gasteiger partial charge on any atom is -0.337 e. The summed E-state index contributed by atoms with van der Waals surface area (Å²) in [6.07, 6.45) is 1.92. The quantitative estimate of drug-likeness (QED) is 0.816. The molecule has 2 rings (SSSR count). The number of benzene rings is 1. The maximum atomic E-state index is 12.1. The zero-order valence-electron chi connectivity index (χ0n) is 9.65. The van der Waals surface area contributed by atoms with E-state index >= 15 is 0 Å². The fourth-order valence-electron chi connectivity index (χ4n) is 2.04. The molecule has 1 aliphatic rings. The summed E-state index contributed by atoms with van der Waals surface area (Å²) >= 11 is 0. The monoisotopic (exact) mass is 218 g/mol. The molecule has 1 aromatic carbocycles. The van der Waals surface area contributed by atoms with Gasteiger partial charge in [-0.2, -0.15) is 0 Å². The first-order valence-electron chi connectivity index (χ1n) is 5.84. The Bertz CT molecular complexity index is 372. The van der Waals surface area contributed by atoms with Gasteiger partial charge < -0.3 is 10.6 Å². The number of amides is 1. The molecular weight excluding hydrogens is 200 g/mol. The normalized spacial score (nSPS) is 20.1. The predicted molar refractivity (Wildman–Crippen MR) is 64.3 cm³/mol. The molecule has 1 unspecified atom stereocenters.